The van der Waals surface area contributed by atoms with Crippen LogP contribution in [-0.4, -0.2) is 14.8 Å². The number of anilines is 1. The Labute approximate surface area is 109 Å². The Hall–Kier alpha value is -1.20. The van der Waals surface area contributed by atoms with E-state index in [1.807, 2.05) is 20.0 Å². The van der Waals surface area contributed by atoms with Crippen molar-refractivity contribution in [1.82, 2.24) is 14.8 Å². The number of aryl methyl sites for hydroxylation is 2. The van der Waals surface area contributed by atoms with Crippen LogP contribution in [0.4, 0.5) is 5.82 Å². The van der Waals surface area contributed by atoms with Gasteiger partial charge in [-0.05, 0) is 19.1 Å². The highest BCUT2D eigenvalue weighted by Gasteiger charge is 2.11. The average molecular weight is 269 g/mol. The number of nitrogen functional groups attached to an aromatic ring is 1. The van der Waals surface area contributed by atoms with Crippen molar-refractivity contribution in [2.75, 3.05) is 5.73 Å². The standard InChI is InChI=1S/C11H13ClN4S/c1-7-9(11(12)16(2)15-7)6-17-8-3-4-10(13)14-5-8/h3-5H,6H2,1-2H3,(H2,13,14). The second-order valence-electron chi connectivity index (χ2n) is 3.69. The lowest BCUT2D eigenvalue weighted by Crippen LogP contribution is -1.89. The molecule has 0 unspecified atom stereocenters. The van der Waals surface area contributed by atoms with E-state index in [1.165, 1.54) is 0 Å². The summed E-state index contributed by atoms with van der Waals surface area (Å²) in [5.74, 6) is 1.31. The Kier molecular flexibility index (Phi) is 3.59. The van der Waals surface area contributed by atoms with Crippen molar-refractivity contribution in [3.05, 3.63) is 34.7 Å². The van der Waals surface area contributed by atoms with Gasteiger partial charge in [0.15, 0.2) is 0 Å². The summed E-state index contributed by atoms with van der Waals surface area (Å²) < 4.78 is 1.69. The van der Waals surface area contributed by atoms with Gasteiger partial charge >= 0.3 is 0 Å². The molecule has 0 aliphatic heterocycles. The van der Waals surface area contributed by atoms with Crippen LogP contribution in [0.15, 0.2) is 23.2 Å². The van der Waals surface area contributed by atoms with E-state index in [1.54, 1.807) is 28.7 Å². The summed E-state index contributed by atoms with van der Waals surface area (Å²) in [6, 6.07) is 3.74. The highest BCUT2D eigenvalue weighted by atomic mass is 35.5. The molecule has 17 heavy (non-hydrogen) atoms. The molecule has 0 amide bonds. The first-order valence-corrected chi connectivity index (χ1v) is 6.46. The van der Waals surface area contributed by atoms with E-state index in [0.29, 0.717) is 11.0 Å². The Morgan fingerprint density at radius 1 is 1.47 bits per heavy atom. The normalized spacial score (nSPS) is 10.8. The fraction of sp³-hybridized carbons (Fsp3) is 0.273. The molecule has 2 aromatic heterocycles. The predicted molar refractivity (Wildman–Crippen MR) is 71.2 cm³/mol. The zero-order chi connectivity index (χ0) is 12.4. The molecule has 0 radical (unpaired) electrons. The fourth-order valence-electron chi connectivity index (χ4n) is 1.47. The van der Waals surface area contributed by atoms with Crippen LogP contribution in [-0.2, 0) is 12.8 Å². The molecule has 0 saturated heterocycles. The molecule has 2 aromatic rings. The SMILES string of the molecule is Cc1nn(C)c(Cl)c1CSc1ccc(N)nc1. The minimum absolute atomic E-state index is 0.532. The molecule has 0 aliphatic carbocycles. The topological polar surface area (TPSA) is 56.7 Å². The Morgan fingerprint density at radius 3 is 2.76 bits per heavy atom. The second kappa shape index (κ2) is 4.98. The van der Waals surface area contributed by atoms with Crippen molar-refractivity contribution in [2.24, 2.45) is 7.05 Å². The third kappa shape index (κ3) is 2.73. The number of pyridine rings is 1. The van der Waals surface area contributed by atoms with E-state index >= 15 is 0 Å². The van der Waals surface area contributed by atoms with Crippen LogP contribution in [0, 0.1) is 6.92 Å². The van der Waals surface area contributed by atoms with Gasteiger partial charge in [-0.1, -0.05) is 11.6 Å². The van der Waals surface area contributed by atoms with Gasteiger partial charge in [0.1, 0.15) is 11.0 Å². The summed E-state index contributed by atoms with van der Waals surface area (Å²) in [6.07, 6.45) is 1.76. The maximum atomic E-state index is 6.16. The molecule has 90 valence electrons. The van der Waals surface area contributed by atoms with Crippen LogP contribution in [0.3, 0.4) is 0 Å². The molecule has 0 aromatic carbocycles. The smallest absolute Gasteiger partial charge is 0.131 e. The Bertz CT molecular complexity index is 521. The Balaban J connectivity index is 2.09. The van der Waals surface area contributed by atoms with Crippen molar-refractivity contribution < 1.29 is 0 Å². The van der Waals surface area contributed by atoms with E-state index in [-0.39, 0.29) is 0 Å². The van der Waals surface area contributed by atoms with Gasteiger partial charge in [0, 0.05) is 29.5 Å². The summed E-state index contributed by atoms with van der Waals surface area (Å²) in [5, 5.41) is 4.97. The number of halogens is 1. The molecule has 2 heterocycles. The Morgan fingerprint density at radius 2 is 2.24 bits per heavy atom. The molecule has 0 fully saturated rings. The first-order valence-electron chi connectivity index (χ1n) is 5.10. The van der Waals surface area contributed by atoms with Crippen LogP contribution in [0.25, 0.3) is 0 Å². The zero-order valence-corrected chi connectivity index (χ0v) is 11.2. The van der Waals surface area contributed by atoms with Gasteiger partial charge in [-0.2, -0.15) is 5.10 Å². The van der Waals surface area contributed by atoms with Gasteiger partial charge in [0.05, 0.1) is 5.69 Å². The second-order valence-corrected chi connectivity index (χ2v) is 5.09. The molecule has 2 rings (SSSR count). The zero-order valence-electron chi connectivity index (χ0n) is 9.64. The van der Waals surface area contributed by atoms with Gasteiger partial charge < -0.3 is 5.73 Å². The third-order valence-corrected chi connectivity index (χ3v) is 3.89. The van der Waals surface area contributed by atoms with Crippen molar-refractivity contribution >= 4 is 29.2 Å². The lowest BCUT2D eigenvalue weighted by atomic mass is 10.3. The van der Waals surface area contributed by atoms with Gasteiger partial charge in [-0.25, -0.2) is 4.98 Å². The fourth-order valence-corrected chi connectivity index (χ4v) is 2.74. The molecule has 0 bridgehead atoms. The quantitative estimate of drug-likeness (QED) is 0.870. The molecule has 0 atom stereocenters. The molecule has 4 nitrogen and oxygen atoms in total. The highest BCUT2D eigenvalue weighted by molar-refractivity contribution is 7.98. The molecule has 6 heteroatoms. The van der Waals surface area contributed by atoms with Crippen molar-refractivity contribution in [3.8, 4) is 0 Å². The lowest BCUT2D eigenvalue weighted by molar-refractivity contribution is 0.757. The number of nitrogens with zero attached hydrogens (tertiary/aromatic N) is 3. The van der Waals surface area contributed by atoms with Crippen LogP contribution in [0.2, 0.25) is 5.15 Å². The van der Waals surface area contributed by atoms with Crippen LogP contribution < -0.4 is 5.73 Å². The third-order valence-electron chi connectivity index (χ3n) is 2.41. The van der Waals surface area contributed by atoms with E-state index in [9.17, 15) is 0 Å². The number of thioether (sulfide) groups is 1. The van der Waals surface area contributed by atoms with Crippen molar-refractivity contribution in [1.29, 1.82) is 0 Å². The van der Waals surface area contributed by atoms with Gasteiger partial charge in [-0.3, -0.25) is 4.68 Å². The van der Waals surface area contributed by atoms with Gasteiger partial charge in [0.2, 0.25) is 0 Å². The monoisotopic (exact) mass is 268 g/mol. The summed E-state index contributed by atoms with van der Waals surface area (Å²) >= 11 is 7.83. The summed E-state index contributed by atoms with van der Waals surface area (Å²) in [7, 11) is 1.84. The van der Waals surface area contributed by atoms with E-state index in [2.05, 4.69) is 10.1 Å². The minimum Gasteiger partial charge on any atom is -0.384 e. The minimum atomic E-state index is 0.532. The summed E-state index contributed by atoms with van der Waals surface area (Å²) in [6.45, 7) is 1.96. The van der Waals surface area contributed by atoms with Crippen molar-refractivity contribution in [3.63, 3.8) is 0 Å². The highest BCUT2D eigenvalue weighted by Crippen LogP contribution is 2.28. The van der Waals surface area contributed by atoms with E-state index in [4.69, 9.17) is 17.3 Å². The summed E-state index contributed by atoms with van der Waals surface area (Å²) in [5.41, 5.74) is 7.56. The maximum Gasteiger partial charge on any atom is 0.131 e. The molecule has 2 N–H and O–H groups in total. The van der Waals surface area contributed by atoms with Crippen LogP contribution in [0.1, 0.15) is 11.3 Å². The van der Waals surface area contributed by atoms with Gasteiger partial charge in [0.25, 0.3) is 0 Å². The van der Waals surface area contributed by atoms with Crippen molar-refractivity contribution in [2.45, 2.75) is 17.6 Å². The van der Waals surface area contributed by atoms with Gasteiger partial charge in [-0.15, -0.1) is 11.8 Å². The lowest BCUT2D eigenvalue weighted by Gasteiger charge is -2.01. The first kappa shape index (κ1) is 12.3. The molecule has 0 aliphatic rings. The number of hydrogen-bond acceptors (Lipinski definition) is 4. The average Bonchev–Trinajstić information content (AvgIpc) is 2.54. The summed E-state index contributed by atoms with van der Waals surface area (Å²) in [4.78, 5) is 5.11. The molecular weight excluding hydrogens is 256 g/mol. The molecule has 0 saturated carbocycles. The van der Waals surface area contributed by atoms with E-state index < -0.39 is 0 Å². The molecular formula is C11H13ClN4S. The van der Waals surface area contributed by atoms with Crippen LogP contribution in [0.5, 0.6) is 0 Å². The van der Waals surface area contributed by atoms with E-state index in [0.717, 1.165) is 21.9 Å². The number of nitrogens with two attached hydrogens (primary N) is 1. The number of aromatic nitrogens is 3. The first-order chi connectivity index (χ1) is 8.08. The largest absolute Gasteiger partial charge is 0.384 e. The van der Waals surface area contributed by atoms with Crippen LogP contribution >= 0.6 is 23.4 Å². The number of rotatable bonds is 3. The predicted octanol–water partition coefficient (Wildman–Crippen LogP) is 2.65. The molecule has 0 spiro atoms. The maximum absolute atomic E-state index is 6.16. The number of hydrogen-bond donors (Lipinski definition) is 1.